The third-order valence-electron chi connectivity index (χ3n) is 4.74. The summed E-state index contributed by atoms with van der Waals surface area (Å²) < 4.78 is 0. The van der Waals surface area contributed by atoms with E-state index < -0.39 is 0 Å². The van der Waals surface area contributed by atoms with E-state index in [1.807, 2.05) is 22.7 Å². The van der Waals surface area contributed by atoms with Gasteiger partial charge in [-0.1, -0.05) is 37.5 Å². The molecule has 2 unspecified atom stereocenters. The quantitative estimate of drug-likeness (QED) is 0.824. The van der Waals surface area contributed by atoms with Gasteiger partial charge in [0.05, 0.1) is 5.25 Å². The molecule has 0 aromatic heterocycles. The molecule has 1 saturated carbocycles. The number of hydrogen-bond donors (Lipinski definition) is 0. The van der Waals surface area contributed by atoms with E-state index in [9.17, 15) is 4.79 Å². The van der Waals surface area contributed by atoms with Crippen molar-refractivity contribution >= 4 is 23.4 Å². The average molecular weight is 303 g/mol. The molecule has 21 heavy (non-hydrogen) atoms. The Balaban J connectivity index is 1.69. The van der Waals surface area contributed by atoms with Gasteiger partial charge in [-0.2, -0.15) is 0 Å². The van der Waals surface area contributed by atoms with Crippen LogP contribution < -0.4 is 4.90 Å². The second kappa shape index (κ2) is 6.43. The number of amides is 1. The molecule has 2 nitrogen and oxygen atoms in total. The van der Waals surface area contributed by atoms with Crippen LogP contribution in [0.3, 0.4) is 0 Å². The first-order valence-corrected chi connectivity index (χ1v) is 9.17. The molecule has 0 bridgehead atoms. The lowest BCUT2D eigenvalue weighted by Crippen LogP contribution is -2.41. The summed E-state index contributed by atoms with van der Waals surface area (Å²) in [6.07, 6.45) is 7.60. The number of rotatable bonds is 3. The molecule has 0 N–H and O–H groups in total. The van der Waals surface area contributed by atoms with Gasteiger partial charge < -0.3 is 4.90 Å². The Labute approximate surface area is 132 Å². The van der Waals surface area contributed by atoms with Crippen LogP contribution in [0, 0.1) is 0 Å². The summed E-state index contributed by atoms with van der Waals surface area (Å²) in [4.78, 5) is 14.9. The minimum atomic E-state index is 0.0710. The van der Waals surface area contributed by atoms with Gasteiger partial charge in [-0.15, -0.1) is 11.8 Å². The first-order valence-electron chi connectivity index (χ1n) is 8.23. The van der Waals surface area contributed by atoms with E-state index in [0.29, 0.717) is 17.2 Å². The molecule has 0 saturated heterocycles. The van der Waals surface area contributed by atoms with Crippen LogP contribution in [0.4, 0.5) is 5.69 Å². The zero-order chi connectivity index (χ0) is 14.8. The van der Waals surface area contributed by atoms with Crippen molar-refractivity contribution in [2.75, 3.05) is 4.90 Å². The summed E-state index contributed by atoms with van der Waals surface area (Å²) in [5.41, 5.74) is 2.44. The zero-order valence-electron chi connectivity index (χ0n) is 13.0. The summed E-state index contributed by atoms with van der Waals surface area (Å²) in [5.74, 6) is 0.294. The topological polar surface area (TPSA) is 20.3 Å². The molecule has 114 valence electrons. The van der Waals surface area contributed by atoms with Crippen LogP contribution in [-0.4, -0.2) is 22.4 Å². The lowest BCUT2D eigenvalue weighted by Gasteiger charge is -2.29. The first-order chi connectivity index (χ1) is 10.2. The van der Waals surface area contributed by atoms with E-state index in [0.717, 1.165) is 12.1 Å². The third kappa shape index (κ3) is 3.13. The second-order valence-electron chi connectivity index (χ2n) is 6.43. The number of hydrogen-bond acceptors (Lipinski definition) is 2. The van der Waals surface area contributed by atoms with Crippen molar-refractivity contribution in [1.29, 1.82) is 0 Å². The second-order valence-corrected chi connectivity index (χ2v) is 8.07. The van der Waals surface area contributed by atoms with Crippen molar-refractivity contribution in [3.05, 3.63) is 29.8 Å². The Hall–Kier alpha value is -0.960. The average Bonchev–Trinajstić information content (AvgIpc) is 2.83. The Morgan fingerprint density at radius 2 is 1.95 bits per heavy atom. The number of carbonyl (C=O) groups is 1. The van der Waals surface area contributed by atoms with Gasteiger partial charge in [-0.05, 0) is 44.7 Å². The van der Waals surface area contributed by atoms with Gasteiger partial charge in [0.1, 0.15) is 0 Å². The smallest absolute Gasteiger partial charge is 0.240 e. The maximum Gasteiger partial charge on any atom is 0.240 e. The highest BCUT2D eigenvalue weighted by Gasteiger charge is 2.34. The van der Waals surface area contributed by atoms with Gasteiger partial charge in [-0.25, -0.2) is 0 Å². The Morgan fingerprint density at radius 1 is 1.24 bits per heavy atom. The Kier molecular flexibility index (Phi) is 4.58. The van der Waals surface area contributed by atoms with E-state index in [2.05, 4.69) is 32.0 Å². The lowest BCUT2D eigenvalue weighted by atomic mass is 10.0. The Bertz CT molecular complexity index is 510. The number of thioether (sulfide) groups is 1. The molecular weight excluding hydrogens is 278 g/mol. The normalized spacial score (nSPS) is 23.9. The standard InChI is InChI=1S/C18H25NOS/c1-13-12-15-8-6-7-11-17(15)19(13)18(20)14(2)21-16-9-4-3-5-10-16/h6-8,11,13-14,16H,3-5,9-10,12H2,1-2H3. The maximum atomic E-state index is 12.9. The number of anilines is 1. The summed E-state index contributed by atoms with van der Waals surface area (Å²) in [6, 6.07) is 8.65. The van der Waals surface area contributed by atoms with Crippen molar-refractivity contribution in [2.24, 2.45) is 0 Å². The molecule has 0 spiro atoms. The highest BCUT2D eigenvalue weighted by atomic mass is 32.2. The van der Waals surface area contributed by atoms with Crippen molar-refractivity contribution in [1.82, 2.24) is 0 Å². The minimum Gasteiger partial charge on any atom is -0.308 e. The molecule has 1 aromatic carbocycles. The molecule has 3 rings (SSSR count). The van der Waals surface area contributed by atoms with Crippen LogP contribution in [0.1, 0.15) is 51.5 Å². The monoisotopic (exact) mass is 303 g/mol. The van der Waals surface area contributed by atoms with Gasteiger partial charge in [0, 0.05) is 17.0 Å². The molecule has 0 radical (unpaired) electrons. The summed E-state index contributed by atoms with van der Waals surface area (Å²) in [6.45, 7) is 4.26. The molecule has 1 heterocycles. The fourth-order valence-corrected chi connectivity index (χ4v) is 5.06. The van der Waals surface area contributed by atoms with Crippen molar-refractivity contribution < 1.29 is 4.79 Å². The maximum absolute atomic E-state index is 12.9. The van der Waals surface area contributed by atoms with Crippen LogP contribution in [-0.2, 0) is 11.2 Å². The molecule has 1 fully saturated rings. The van der Waals surface area contributed by atoms with Crippen molar-refractivity contribution in [2.45, 2.75) is 68.9 Å². The predicted molar refractivity (Wildman–Crippen MR) is 91.0 cm³/mol. The lowest BCUT2D eigenvalue weighted by molar-refractivity contribution is -0.118. The van der Waals surface area contributed by atoms with Crippen molar-refractivity contribution in [3.63, 3.8) is 0 Å². The first kappa shape index (κ1) is 15.0. The molecule has 2 atom stereocenters. The summed E-state index contributed by atoms with van der Waals surface area (Å²) in [7, 11) is 0. The zero-order valence-corrected chi connectivity index (χ0v) is 13.9. The van der Waals surface area contributed by atoms with Crippen LogP contribution >= 0.6 is 11.8 Å². The largest absolute Gasteiger partial charge is 0.308 e. The molecule has 2 aliphatic rings. The number of para-hydroxylation sites is 1. The molecule has 1 aliphatic heterocycles. The molecule has 1 amide bonds. The number of nitrogens with zero attached hydrogens (tertiary/aromatic N) is 1. The van der Waals surface area contributed by atoms with Gasteiger partial charge in [0.2, 0.25) is 5.91 Å². The molecular formula is C18H25NOS. The highest BCUT2D eigenvalue weighted by Crippen LogP contribution is 2.36. The molecule has 1 aromatic rings. The molecule has 1 aliphatic carbocycles. The third-order valence-corrected chi connectivity index (χ3v) is 6.21. The molecule has 3 heteroatoms. The fourth-order valence-electron chi connectivity index (χ4n) is 3.65. The van der Waals surface area contributed by atoms with E-state index in [4.69, 9.17) is 0 Å². The number of fused-ring (bicyclic) bond motifs is 1. The number of benzene rings is 1. The predicted octanol–water partition coefficient (Wildman–Crippen LogP) is 4.42. The summed E-state index contributed by atoms with van der Waals surface area (Å²) >= 11 is 1.90. The fraction of sp³-hybridized carbons (Fsp3) is 0.611. The van der Waals surface area contributed by atoms with E-state index in [1.54, 1.807) is 0 Å². The van der Waals surface area contributed by atoms with Crippen LogP contribution in [0.5, 0.6) is 0 Å². The Morgan fingerprint density at radius 3 is 2.71 bits per heavy atom. The SMILES string of the molecule is CC(SC1CCCCC1)C(=O)N1c2ccccc2CC1C. The van der Waals surface area contributed by atoms with Gasteiger partial charge in [-0.3, -0.25) is 4.79 Å². The van der Waals surface area contributed by atoms with Gasteiger partial charge in [0.25, 0.3) is 0 Å². The highest BCUT2D eigenvalue weighted by molar-refractivity contribution is 8.01. The van der Waals surface area contributed by atoms with E-state index in [1.165, 1.54) is 37.7 Å². The van der Waals surface area contributed by atoms with Gasteiger partial charge in [0.15, 0.2) is 0 Å². The minimum absolute atomic E-state index is 0.0710. The van der Waals surface area contributed by atoms with E-state index >= 15 is 0 Å². The van der Waals surface area contributed by atoms with Crippen LogP contribution in [0.2, 0.25) is 0 Å². The van der Waals surface area contributed by atoms with Crippen molar-refractivity contribution in [3.8, 4) is 0 Å². The van der Waals surface area contributed by atoms with Gasteiger partial charge >= 0.3 is 0 Å². The number of carbonyl (C=O) groups excluding carboxylic acids is 1. The van der Waals surface area contributed by atoms with Crippen LogP contribution in [0.15, 0.2) is 24.3 Å². The summed E-state index contributed by atoms with van der Waals surface area (Å²) in [5, 5.41) is 0.757. The van der Waals surface area contributed by atoms with Crippen LogP contribution in [0.25, 0.3) is 0 Å². The van der Waals surface area contributed by atoms with E-state index in [-0.39, 0.29) is 5.25 Å².